The van der Waals surface area contributed by atoms with Crippen molar-refractivity contribution in [3.05, 3.63) is 46.0 Å². The van der Waals surface area contributed by atoms with Crippen LogP contribution in [0.3, 0.4) is 0 Å². The molecule has 4 heteroatoms. The lowest BCUT2D eigenvalue weighted by atomic mass is 10.1. The van der Waals surface area contributed by atoms with Gasteiger partial charge in [-0.3, -0.25) is 0 Å². The molecule has 0 aliphatic heterocycles. The van der Waals surface area contributed by atoms with Crippen LogP contribution in [-0.4, -0.2) is 9.97 Å². The first-order valence-electron chi connectivity index (χ1n) is 5.14. The van der Waals surface area contributed by atoms with E-state index in [0.717, 1.165) is 22.4 Å². The van der Waals surface area contributed by atoms with Gasteiger partial charge in [-0.2, -0.15) is 0 Å². The summed E-state index contributed by atoms with van der Waals surface area (Å²) in [7, 11) is 0. The highest BCUT2D eigenvalue weighted by Crippen LogP contribution is 2.27. The molecule has 0 radical (unpaired) electrons. The van der Waals surface area contributed by atoms with Crippen molar-refractivity contribution < 1.29 is 0 Å². The largest absolute Gasteiger partial charge is 0.378 e. The molecule has 1 aromatic carbocycles. The summed E-state index contributed by atoms with van der Waals surface area (Å²) < 4.78 is 1.10. The lowest BCUT2D eigenvalue weighted by molar-refractivity contribution is 1.07. The molecule has 0 aliphatic rings. The second kappa shape index (κ2) is 4.70. The van der Waals surface area contributed by atoms with Gasteiger partial charge in [-0.25, -0.2) is 4.98 Å². The van der Waals surface area contributed by atoms with Crippen LogP contribution in [0.2, 0.25) is 0 Å². The third-order valence-electron chi connectivity index (χ3n) is 2.44. The van der Waals surface area contributed by atoms with Crippen LogP contribution in [0.4, 0.5) is 5.69 Å². The van der Waals surface area contributed by atoms with Gasteiger partial charge in [0.25, 0.3) is 0 Å². The van der Waals surface area contributed by atoms with Crippen LogP contribution in [0, 0.1) is 13.8 Å². The molecule has 0 fully saturated rings. The van der Waals surface area contributed by atoms with Crippen molar-refractivity contribution in [2.45, 2.75) is 20.4 Å². The third-order valence-corrected chi connectivity index (χ3v) is 3.07. The Bertz CT molecular complexity index is 454. The molecule has 2 N–H and O–H groups in total. The Labute approximate surface area is 103 Å². The van der Waals surface area contributed by atoms with Crippen LogP contribution >= 0.6 is 15.9 Å². The molecule has 0 unspecified atom stereocenters. The summed E-state index contributed by atoms with van der Waals surface area (Å²) in [5, 5.41) is 3.39. The maximum atomic E-state index is 3.99. The monoisotopic (exact) mass is 279 g/mol. The van der Waals surface area contributed by atoms with E-state index in [4.69, 9.17) is 0 Å². The highest BCUT2D eigenvalue weighted by molar-refractivity contribution is 9.10. The second-order valence-corrected chi connectivity index (χ2v) is 4.72. The third kappa shape index (κ3) is 2.44. The van der Waals surface area contributed by atoms with Gasteiger partial charge in [-0.15, -0.1) is 0 Å². The fourth-order valence-electron chi connectivity index (χ4n) is 1.70. The van der Waals surface area contributed by atoms with Gasteiger partial charge in [0.05, 0.1) is 24.3 Å². The van der Waals surface area contributed by atoms with Gasteiger partial charge in [-0.1, -0.05) is 6.07 Å². The van der Waals surface area contributed by atoms with Gasteiger partial charge in [0.1, 0.15) is 0 Å². The number of aromatic amines is 1. The Balaban J connectivity index is 2.15. The second-order valence-electron chi connectivity index (χ2n) is 3.87. The van der Waals surface area contributed by atoms with Gasteiger partial charge in [-0.05, 0) is 47.0 Å². The van der Waals surface area contributed by atoms with Gasteiger partial charge < -0.3 is 10.3 Å². The number of nitrogens with one attached hydrogen (secondary N) is 2. The molecule has 0 aliphatic carbocycles. The van der Waals surface area contributed by atoms with E-state index in [1.165, 1.54) is 11.1 Å². The van der Waals surface area contributed by atoms with Crippen molar-refractivity contribution in [3.8, 4) is 0 Å². The van der Waals surface area contributed by atoms with Crippen molar-refractivity contribution in [2.24, 2.45) is 0 Å². The van der Waals surface area contributed by atoms with Crippen LogP contribution in [0.1, 0.15) is 16.8 Å². The summed E-state index contributed by atoms with van der Waals surface area (Å²) in [5.74, 6) is 0. The fourth-order valence-corrected chi connectivity index (χ4v) is 2.52. The van der Waals surface area contributed by atoms with Crippen molar-refractivity contribution in [1.29, 1.82) is 0 Å². The van der Waals surface area contributed by atoms with E-state index in [1.807, 2.05) is 6.20 Å². The van der Waals surface area contributed by atoms with Crippen LogP contribution < -0.4 is 5.32 Å². The van der Waals surface area contributed by atoms with Crippen LogP contribution in [0.15, 0.2) is 29.1 Å². The number of aromatic nitrogens is 2. The number of halogens is 1. The summed E-state index contributed by atoms with van der Waals surface area (Å²) >= 11 is 3.57. The number of imidazole rings is 1. The molecule has 0 saturated carbocycles. The summed E-state index contributed by atoms with van der Waals surface area (Å²) in [6, 6.07) is 4.28. The van der Waals surface area contributed by atoms with Crippen molar-refractivity contribution in [3.63, 3.8) is 0 Å². The summed E-state index contributed by atoms with van der Waals surface area (Å²) in [6.07, 6.45) is 3.51. The van der Waals surface area contributed by atoms with E-state index in [0.29, 0.717) is 0 Å². The molecular formula is C12H14BrN3. The van der Waals surface area contributed by atoms with Crippen LogP contribution in [0.25, 0.3) is 0 Å². The van der Waals surface area contributed by atoms with Gasteiger partial charge in [0, 0.05) is 10.7 Å². The van der Waals surface area contributed by atoms with Gasteiger partial charge >= 0.3 is 0 Å². The topological polar surface area (TPSA) is 40.7 Å². The molecule has 1 heterocycles. The standard InChI is InChI=1S/C12H14BrN3/c1-8-3-9(2)12(11(13)4-8)15-6-10-5-14-7-16-10/h3-5,7,15H,6H2,1-2H3,(H,14,16). The average molecular weight is 280 g/mol. The van der Waals surface area contributed by atoms with Crippen LogP contribution in [0.5, 0.6) is 0 Å². The number of aryl methyl sites for hydroxylation is 2. The number of anilines is 1. The Kier molecular flexibility index (Phi) is 3.29. The normalized spacial score (nSPS) is 10.4. The minimum Gasteiger partial charge on any atom is -0.378 e. The molecule has 3 nitrogen and oxygen atoms in total. The molecule has 0 atom stereocenters. The zero-order chi connectivity index (χ0) is 11.5. The number of benzene rings is 1. The zero-order valence-electron chi connectivity index (χ0n) is 9.34. The summed E-state index contributed by atoms with van der Waals surface area (Å²) in [5.41, 5.74) is 4.72. The number of nitrogens with zero attached hydrogens (tertiary/aromatic N) is 1. The summed E-state index contributed by atoms with van der Waals surface area (Å²) in [4.78, 5) is 7.05. The predicted octanol–water partition coefficient (Wildman–Crippen LogP) is 3.40. The first-order valence-corrected chi connectivity index (χ1v) is 5.94. The van der Waals surface area contributed by atoms with E-state index in [-0.39, 0.29) is 0 Å². The lowest BCUT2D eigenvalue weighted by Gasteiger charge is -2.11. The Morgan fingerprint density at radius 3 is 2.81 bits per heavy atom. The quantitative estimate of drug-likeness (QED) is 0.904. The number of hydrogen-bond acceptors (Lipinski definition) is 2. The molecule has 0 bridgehead atoms. The lowest BCUT2D eigenvalue weighted by Crippen LogP contribution is -2.02. The smallest absolute Gasteiger partial charge is 0.0922 e. The number of hydrogen-bond donors (Lipinski definition) is 2. The first-order chi connectivity index (χ1) is 7.66. The summed E-state index contributed by atoms with van der Waals surface area (Å²) in [6.45, 7) is 4.95. The van der Waals surface area contributed by atoms with E-state index in [2.05, 4.69) is 57.2 Å². The fraction of sp³-hybridized carbons (Fsp3) is 0.250. The molecule has 2 aromatic rings. The highest BCUT2D eigenvalue weighted by atomic mass is 79.9. The zero-order valence-corrected chi connectivity index (χ0v) is 10.9. The maximum Gasteiger partial charge on any atom is 0.0922 e. The number of H-pyrrole nitrogens is 1. The molecule has 0 amide bonds. The minimum atomic E-state index is 0.752. The minimum absolute atomic E-state index is 0.752. The highest BCUT2D eigenvalue weighted by Gasteiger charge is 2.04. The van der Waals surface area contributed by atoms with Crippen molar-refractivity contribution in [2.75, 3.05) is 5.32 Å². The van der Waals surface area contributed by atoms with Gasteiger partial charge in [0.2, 0.25) is 0 Å². The van der Waals surface area contributed by atoms with E-state index in [1.54, 1.807) is 6.33 Å². The van der Waals surface area contributed by atoms with Crippen LogP contribution in [-0.2, 0) is 6.54 Å². The number of rotatable bonds is 3. The van der Waals surface area contributed by atoms with Crippen molar-refractivity contribution >= 4 is 21.6 Å². The molecule has 2 rings (SSSR count). The molecule has 1 aromatic heterocycles. The molecular weight excluding hydrogens is 266 g/mol. The van der Waals surface area contributed by atoms with Crippen molar-refractivity contribution in [1.82, 2.24) is 9.97 Å². The average Bonchev–Trinajstić information content (AvgIpc) is 2.68. The first kappa shape index (κ1) is 11.2. The van der Waals surface area contributed by atoms with E-state index >= 15 is 0 Å². The predicted molar refractivity (Wildman–Crippen MR) is 69.5 cm³/mol. The molecule has 0 spiro atoms. The molecule has 16 heavy (non-hydrogen) atoms. The SMILES string of the molecule is Cc1cc(C)c(NCc2cnc[nH]2)c(Br)c1. The Hall–Kier alpha value is -1.29. The Morgan fingerprint density at radius 1 is 1.38 bits per heavy atom. The van der Waals surface area contributed by atoms with E-state index in [9.17, 15) is 0 Å². The van der Waals surface area contributed by atoms with Gasteiger partial charge in [0.15, 0.2) is 0 Å². The van der Waals surface area contributed by atoms with E-state index < -0.39 is 0 Å². The Morgan fingerprint density at radius 2 is 2.19 bits per heavy atom. The molecule has 84 valence electrons. The maximum absolute atomic E-state index is 3.99. The molecule has 0 saturated heterocycles.